The van der Waals surface area contributed by atoms with Crippen molar-refractivity contribution in [1.82, 2.24) is 0 Å². The zero-order chi connectivity index (χ0) is 23.5. The first-order chi connectivity index (χ1) is 14.7. The van der Waals surface area contributed by atoms with Gasteiger partial charge in [0.25, 0.3) is 0 Å². The summed E-state index contributed by atoms with van der Waals surface area (Å²) in [7, 11) is 0. The van der Waals surface area contributed by atoms with E-state index in [1.54, 1.807) is 0 Å². The highest BCUT2D eigenvalue weighted by molar-refractivity contribution is 5.31. The van der Waals surface area contributed by atoms with Crippen molar-refractivity contribution >= 4 is 0 Å². The van der Waals surface area contributed by atoms with Gasteiger partial charge in [-0.15, -0.1) is 0 Å². The second-order valence-electron chi connectivity index (χ2n) is 14.8. The molecule has 0 aromatic heterocycles. The van der Waals surface area contributed by atoms with Gasteiger partial charge in [-0.1, -0.05) is 67.0 Å². The summed E-state index contributed by atoms with van der Waals surface area (Å²) in [6.07, 6.45) is 11.4. The topological polar surface area (TPSA) is 40.5 Å². The minimum atomic E-state index is -0.642. The molecule has 0 aliphatic heterocycles. The van der Waals surface area contributed by atoms with Gasteiger partial charge < -0.3 is 10.2 Å². The fourth-order valence-electron chi connectivity index (χ4n) is 11.3. The minimum absolute atomic E-state index is 0.237. The Morgan fingerprint density at radius 1 is 0.812 bits per heavy atom. The monoisotopic (exact) mass is 442 g/mol. The molecule has 4 fully saturated rings. The van der Waals surface area contributed by atoms with Gasteiger partial charge in [0.15, 0.2) is 0 Å². The van der Waals surface area contributed by atoms with E-state index in [1.807, 2.05) is 0 Å². The van der Waals surface area contributed by atoms with Crippen LogP contribution in [-0.4, -0.2) is 22.4 Å². The minimum Gasteiger partial charge on any atom is -0.390 e. The van der Waals surface area contributed by atoms with E-state index in [-0.39, 0.29) is 10.8 Å². The predicted octanol–water partition coefficient (Wildman–Crippen LogP) is 7.00. The van der Waals surface area contributed by atoms with Crippen LogP contribution in [0.1, 0.15) is 107 Å². The molecular formula is C30H50O2. The second kappa shape index (κ2) is 6.87. The third kappa shape index (κ3) is 2.61. The first-order valence-corrected chi connectivity index (χ1v) is 13.8. The van der Waals surface area contributed by atoms with E-state index < -0.39 is 12.2 Å². The van der Waals surface area contributed by atoms with E-state index >= 15 is 0 Å². The van der Waals surface area contributed by atoms with E-state index in [0.717, 1.165) is 30.6 Å². The molecule has 0 bridgehead atoms. The van der Waals surface area contributed by atoms with Gasteiger partial charge in [0.2, 0.25) is 0 Å². The second-order valence-corrected chi connectivity index (χ2v) is 14.8. The van der Waals surface area contributed by atoms with Crippen molar-refractivity contribution in [2.45, 2.75) is 119 Å². The Hall–Kier alpha value is -0.340. The van der Waals surface area contributed by atoms with E-state index in [0.29, 0.717) is 28.1 Å². The van der Waals surface area contributed by atoms with Crippen LogP contribution in [0.5, 0.6) is 0 Å². The Kier molecular flexibility index (Phi) is 5.02. The molecule has 4 saturated carbocycles. The van der Waals surface area contributed by atoms with Gasteiger partial charge in [-0.05, 0) is 103 Å². The van der Waals surface area contributed by atoms with E-state index in [1.165, 1.54) is 44.1 Å². The van der Waals surface area contributed by atoms with Crippen LogP contribution in [0.25, 0.3) is 0 Å². The summed E-state index contributed by atoms with van der Waals surface area (Å²) in [4.78, 5) is 0. The maximum Gasteiger partial charge on any atom is 0.0887 e. The van der Waals surface area contributed by atoms with Crippen molar-refractivity contribution in [3.05, 3.63) is 11.6 Å². The van der Waals surface area contributed by atoms with Crippen molar-refractivity contribution in [2.75, 3.05) is 0 Å². The van der Waals surface area contributed by atoms with Crippen molar-refractivity contribution < 1.29 is 10.2 Å². The van der Waals surface area contributed by atoms with Gasteiger partial charge >= 0.3 is 0 Å². The molecule has 5 aliphatic carbocycles. The first kappa shape index (κ1) is 23.4. The lowest BCUT2D eigenvalue weighted by atomic mass is 9.33. The number of hydrogen-bond acceptors (Lipinski definition) is 2. The molecule has 2 heteroatoms. The maximum atomic E-state index is 10.9. The summed E-state index contributed by atoms with van der Waals surface area (Å²) >= 11 is 0. The van der Waals surface area contributed by atoms with Crippen LogP contribution in [0, 0.1) is 56.7 Å². The van der Waals surface area contributed by atoms with Gasteiger partial charge in [-0.3, -0.25) is 0 Å². The van der Waals surface area contributed by atoms with Crippen molar-refractivity contribution in [3.63, 3.8) is 0 Å². The van der Waals surface area contributed by atoms with Crippen molar-refractivity contribution in [3.8, 4) is 0 Å². The van der Waals surface area contributed by atoms with Gasteiger partial charge in [0, 0.05) is 5.41 Å². The van der Waals surface area contributed by atoms with Crippen molar-refractivity contribution in [2.24, 2.45) is 56.7 Å². The number of allylic oxidation sites excluding steroid dienone is 1. The first-order valence-electron chi connectivity index (χ1n) is 13.8. The fraction of sp³-hybridized carbons (Fsp3) is 0.933. The van der Waals surface area contributed by atoms with Crippen LogP contribution in [0.15, 0.2) is 11.6 Å². The molecule has 32 heavy (non-hydrogen) atoms. The lowest BCUT2D eigenvalue weighted by molar-refractivity contribution is -0.218. The van der Waals surface area contributed by atoms with Crippen LogP contribution >= 0.6 is 0 Å². The van der Waals surface area contributed by atoms with Crippen molar-refractivity contribution in [1.29, 1.82) is 0 Å². The van der Waals surface area contributed by atoms with Crippen LogP contribution in [0.3, 0.4) is 0 Å². The molecule has 0 saturated heterocycles. The third-order valence-electron chi connectivity index (χ3n) is 13.3. The van der Waals surface area contributed by atoms with E-state index in [4.69, 9.17) is 0 Å². The molecule has 2 N–H and O–H groups in total. The number of rotatable bonds is 1. The molecule has 0 radical (unpaired) electrons. The predicted molar refractivity (Wildman–Crippen MR) is 132 cm³/mol. The molecular weight excluding hydrogens is 392 g/mol. The largest absolute Gasteiger partial charge is 0.390 e. The average molecular weight is 443 g/mol. The van der Waals surface area contributed by atoms with Crippen LogP contribution < -0.4 is 0 Å². The number of hydrogen-bond donors (Lipinski definition) is 2. The molecule has 2 nitrogen and oxygen atoms in total. The highest BCUT2D eigenvalue weighted by Gasteiger charge is 2.70. The van der Waals surface area contributed by atoms with E-state index in [9.17, 15) is 10.2 Å². The van der Waals surface area contributed by atoms with E-state index in [2.05, 4.69) is 61.5 Å². The van der Waals surface area contributed by atoms with Gasteiger partial charge in [-0.25, -0.2) is 0 Å². The molecule has 0 amide bonds. The van der Waals surface area contributed by atoms with Crippen LogP contribution in [0.4, 0.5) is 0 Å². The zero-order valence-electron chi connectivity index (χ0n) is 22.2. The Morgan fingerprint density at radius 3 is 2.03 bits per heavy atom. The number of fused-ring (bicyclic) bond motifs is 7. The molecule has 5 aliphatic rings. The summed E-state index contributed by atoms with van der Waals surface area (Å²) < 4.78 is 0. The van der Waals surface area contributed by atoms with Gasteiger partial charge in [-0.2, -0.15) is 0 Å². The summed E-state index contributed by atoms with van der Waals surface area (Å²) in [5.41, 5.74) is 2.66. The summed E-state index contributed by atoms with van der Waals surface area (Å²) in [5.74, 6) is 3.63. The standard InChI is InChI=1S/C30H50O2/c1-18(2)19-9-11-23-27(19,5)13-15-30(8)24-12-10-20-21(17-22(31)25(32)26(20,3)4)28(24,6)14-16-29(23,30)7/h10,18-19,21-25,31-32H,9,11-17H2,1-8H3/t19-,21-,22-,23-,24+,25-,27-,28+,29+,30-/m1/s1. The Labute approximate surface area is 197 Å². The summed E-state index contributed by atoms with van der Waals surface area (Å²) in [6, 6.07) is 0. The smallest absolute Gasteiger partial charge is 0.0887 e. The van der Waals surface area contributed by atoms with Crippen LogP contribution in [0.2, 0.25) is 0 Å². The SMILES string of the molecule is CC(C)[C@H]1CC[C@@H]2[C@]1(C)CC[C@]1(C)[C@H]3CC=C4[C@@H](C[C@@H](O)[C@@H](O)C4(C)C)[C@]3(C)CC[C@@]21C. The maximum absolute atomic E-state index is 10.9. The summed E-state index contributed by atoms with van der Waals surface area (Å²) in [6.45, 7) is 19.8. The molecule has 10 atom stereocenters. The Balaban J connectivity index is 1.55. The molecule has 0 heterocycles. The Bertz CT molecular complexity index is 812. The number of aliphatic hydroxyl groups excluding tert-OH is 2. The zero-order valence-corrected chi connectivity index (χ0v) is 22.2. The highest BCUT2D eigenvalue weighted by Crippen LogP contribution is 2.77. The average Bonchev–Trinajstić information content (AvgIpc) is 3.07. The number of aliphatic hydroxyl groups is 2. The van der Waals surface area contributed by atoms with Gasteiger partial charge in [0.1, 0.15) is 0 Å². The molecule has 5 rings (SSSR count). The molecule has 0 unspecified atom stereocenters. The lowest BCUT2D eigenvalue weighted by Crippen LogP contribution is -2.65. The highest BCUT2D eigenvalue weighted by atomic mass is 16.3. The molecule has 182 valence electrons. The quantitative estimate of drug-likeness (QED) is 0.429. The molecule has 0 aromatic carbocycles. The van der Waals surface area contributed by atoms with Crippen LogP contribution in [-0.2, 0) is 0 Å². The third-order valence-corrected chi connectivity index (χ3v) is 13.3. The fourth-order valence-corrected chi connectivity index (χ4v) is 11.3. The normalized spacial score (nSPS) is 56.7. The van der Waals surface area contributed by atoms with Gasteiger partial charge in [0.05, 0.1) is 12.2 Å². The molecule has 0 aromatic rings. The lowest BCUT2D eigenvalue weighted by Gasteiger charge is -2.71. The summed E-state index contributed by atoms with van der Waals surface area (Å²) in [5, 5.41) is 21.7. The Morgan fingerprint density at radius 2 is 1.41 bits per heavy atom. The molecule has 0 spiro atoms.